The van der Waals surface area contributed by atoms with Crippen molar-refractivity contribution in [2.24, 2.45) is 0 Å². The van der Waals surface area contributed by atoms with E-state index in [0.29, 0.717) is 0 Å². The minimum Gasteiger partial charge on any atom is -0.468 e. The van der Waals surface area contributed by atoms with Crippen molar-refractivity contribution in [2.45, 2.75) is 50.9 Å². The topological polar surface area (TPSA) is 28.4 Å². The van der Waals surface area contributed by atoms with Crippen molar-refractivity contribution >= 4 is 0 Å². The van der Waals surface area contributed by atoms with Crippen LogP contribution in [0, 0.1) is 0 Å². The second-order valence-electron chi connectivity index (χ2n) is 5.22. The summed E-state index contributed by atoms with van der Waals surface area (Å²) in [5.74, 6) is 1.10. The van der Waals surface area contributed by atoms with Crippen LogP contribution in [0.4, 0.5) is 0 Å². The molecule has 1 aromatic rings. The first kappa shape index (κ1) is 10.4. The monoisotopic (exact) mass is 220 g/mol. The van der Waals surface area contributed by atoms with Crippen LogP contribution in [0.2, 0.25) is 0 Å². The zero-order valence-electron chi connectivity index (χ0n) is 9.91. The molecule has 0 amide bonds. The second-order valence-corrected chi connectivity index (χ2v) is 5.22. The molecule has 0 atom stereocenters. The van der Waals surface area contributed by atoms with E-state index >= 15 is 0 Å². The summed E-state index contributed by atoms with van der Waals surface area (Å²) in [7, 11) is 2.18. The predicted molar refractivity (Wildman–Crippen MR) is 63.1 cm³/mol. The maximum Gasteiger partial charge on any atom is 0.118 e. The molecule has 0 aromatic carbocycles. The molecular formula is C13H20N2O. The molecule has 1 N–H and O–H groups in total. The molecule has 88 valence electrons. The smallest absolute Gasteiger partial charge is 0.118 e. The van der Waals surface area contributed by atoms with Crippen LogP contribution in [-0.4, -0.2) is 24.0 Å². The van der Waals surface area contributed by atoms with Gasteiger partial charge in [-0.05, 0) is 38.8 Å². The fourth-order valence-electron chi connectivity index (χ4n) is 2.04. The summed E-state index contributed by atoms with van der Waals surface area (Å²) in [5.41, 5.74) is 1.28. The highest BCUT2D eigenvalue weighted by molar-refractivity contribution is 5.13. The number of hydrogen-bond donors (Lipinski definition) is 1. The van der Waals surface area contributed by atoms with E-state index < -0.39 is 0 Å². The molecule has 2 fully saturated rings. The zero-order chi connectivity index (χ0) is 11.0. The summed E-state index contributed by atoms with van der Waals surface area (Å²) in [4.78, 5) is 2.39. The van der Waals surface area contributed by atoms with Gasteiger partial charge in [-0.1, -0.05) is 0 Å². The summed E-state index contributed by atoms with van der Waals surface area (Å²) in [6, 6.07) is 3.76. The highest BCUT2D eigenvalue weighted by atomic mass is 16.3. The van der Waals surface area contributed by atoms with E-state index in [9.17, 15) is 0 Å². The Morgan fingerprint density at radius 3 is 2.88 bits per heavy atom. The van der Waals surface area contributed by atoms with E-state index in [0.717, 1.165) is 30.9 Å². The molecule has 2 aliphatic carbocycles. The van der Waals surface area contributed by atoms with E-state index in [-0.39, 0.29) is 0 Å². The van der Waals surface area contributed by atoms with Gasteiger partial charge in [0.15, 0.2) is 0 Å². The molecule has 3 nitrogen and oxygen atoms in total. The van der Waals surface area contributed by atoms with Gasteiger partial charge in [0.25, 0.3) is 0 Å². The molecule has 0 aliphatic heterocycles. The standard InChI is InChI=1S/C13H20N2O/c1-15(12-4-5-12)8-13-6-10(9-16-13)7-14-11-2-3-11/h6,9,11-12,14H,2-5,7-8H2,1H3. The van der Waals surface area contributed by atoms with Gasteiger partial charge >= 0.3 is 0 Å². The van der Waals surface area contributed by atoms with Crippen molar-refractivity contribution in [3.8, 4) is 0 Å². The average molecular weight is 220 g/mol. The third-order valence-corrected chi connectivity index (χ3v) is 3.46. The lowest BCUT2D eigenvalue weighted by atomic mass is 10.3. The first-order valence-electron chi connectivity index (χ1n) is 6.31. The van der Waals surface area contributed by atoms with E-state index in [1.807, 2.05) is 6.26 Å². The van der Waals surface area contributed by atoms with E-state index in [2.05, 4.69) is 23.3 Å². The molecule has 0 radical (unpaired) electrons. The van der Waals surface area contributed by atoms with Crippen LogP contribution in [0.1, 0.15) is 37.0 Å². The SMILES string of the molecule is CN(Cc1cc(CNC2CC2)co1)C1CC1. The minimum absolute atomic E-state index is 0.771. The van der Waals surface area contributed by atoms with Crippen molar-refractivity contribution in [1.29, 1.82) is 0 Å². The summed E-state index contributed by atoms with van der Waals surface area (Å²) in [6.07, 6.45) is 7.29. The van der Waals surface area contributed by atoms with Crippen LogP contribution >= 0.6 is 0 Å². The van der Waals surface area contributed by atoms with Gasteiger partial charge in [-0.3, -0.25) is 4.90 Å². The minimum atomic E-state index is 0.771. The molecule has 1 aromatic heterocycles. The lowest BCUT2D eigenvalue weighted by Crippen LogP contribution is -2.19. The van der Waals surface area contributed by atoms with Crippen LogP contribution in [0.15, 0.2) is 16.7 Å². The number of hydrogen-bond acceptors (Lipinski definition) is 3. The first-order chi connectivity index (χ1) is 7.81. The van der Waals surface area contributed by atoms with Gasteiger partial charge in [0.2, 0.25) is 0 Å². The van der Waals surface area contributed by atoms with Gasteiger partial charge in [0, 0.05) is 24.2 Å². The van der Waals surface area contributed by atoms with Gasteiger partial charge in [0.1, 0.15) is 5.76 Å². The van der Waals surface area contributed by atoms with Crippen molar-refractivity contribution in [3.63, 3.8) is 0 Å². The predicted octanol–water partition coefficient (Wildman–Crippen LogP) is 2.13. The normalized spacial score (nSPS) is 20.6. The van der Waals surface area contributed by atoms with Gasteiger partial charge in [0.05, 0.1) is 12.8 Å². The van der Waals surface area contributed by atoms with Gasteiger partial charge in [-0.2, -0.15) is 0 Å². The largest absolute Gasteiger partial charge is 0.468 e. The molecule has 0 spiro atoms. The Kier molecular flexibility index (Phi) is 2.74. The molecule has 2 saturated carbocycles. The molecule has 0 saturated heterocycles. The molecule has 2 aliphatic rings. The molecular weight excluding hydrogens is 200 g/mol. The van der Waals surface area contributed by atoms with Crippen molar-refractivity contribution < 1.29 is 4.42 Å². The third-order valence-electron chi connectivity index (χ3n) is 3.46. The van der Waals surface area contributed by atoms with Crippen molar-refractivity contribution in [2.75, 3.05) is 7.05 Å². The van der Waals surface area contributed by atoms with Crippen molar-refractivity contribution in [3.05, 3.63) is 23.7 Å². The van der Waals surface area contributed by atoms with Crippen LogP contribution in [-0.2, 0) is 13.1 Å². The Hall–Kier alpha value is -0.800. The maximum atomic E-state index is 5.58. The zero-order valence-corrected chi connectivity index (χ0v) is 9.91. The number of nitrogens with zero attached hydrogens (tertiary/aromatic N) is 1. The van der Waals surface area contributed by atoms with Gasteiger partial charge in [-0.25, -0.2) is 0 Å². The Balaban J connectivity index is 1.50. The fourth-order valence-corrected chi connectivity index (χ4v) is 2.04. The first-order valence-corrected chi connectivity index (χ1v) is 6.31. The number of nitrogens with one attached hydrogen (secondary N) is 1. The van der Waals surface area contributed by atoms with Gasteiger partial charge < -0.3 is 9.73 Å². The number of furan rings is 1. The molecule has 0 bridgehead atoms. The second kappa shape index (κ2) is 4.22. The van der Waals surface area contributed by atoms with E-state index in [1.165, 1.54) is 31.2 Å². The number of rotatable bonds is 6. The molecule has 0 unspecified atom stereocenters. The lowest BCUT2D eigenvalue weighted by molar-refractivity contribution is 0.286. The van der Waals surface area contributed by atoms with E-state index in [4.69, 9.17) is 4.42 Å². The summed E-state index contributed by atoms with van der Waals surface area (Å²) in [6.45, 7) is 1.91. The summed E-state index contributed by atoms with van der Waals surface area (Å²) < 4.78 is 5.58. The fraction of sp³-hybridized carbons (Fsp3) is 0.692. The summed E-state index contributed by atoms with van der Waals surface area (Å²) in [5, 5.41) is 3.50. The maximum absolute atomic E-state index is 5.58. The quantitative estimate of drug-likeness (QED) is 0.796. The Morgan fingerprint density at radius 2 is 2.19 bits per heavy atom. The highest BCUT2D eigenvalue weighted by Crippen LogP contribution is 2.27. The lowest BCUT2D eigenvalue weighted by Gasteiger charge is -2.12. The van der Waals surface area contributed by atoms with Crippen LogP contribution in [0.3, 0.4) is 0 Å². The summed E-state index contributed by atoms with van der Waals surface area (Å²) >= 11 is 0. The highest BCUT2D eigenvalue weighted by Gasteiger charge is 2.26. The van der Waals surface area contributed by atoms with Gasteiger partial charge in [-0.15, -0.1) is 0 Å². The van der Waals surface area contributed by atoms with Crippen molar-refractivity contribution in [1.82, 2.24) is 10.2 Å². The molecule has 16 heavy (non-hydrogen) atoms. The van der Waals surface area contributed by atoms with E-state index in [1.54, 1.807) is 0 Å². The molecule has 3 heteroatoms. The Morgan fingerprint density at radius 1 is 1.38 bits per heavy atom. The van der Waals surface area contributed by atoms with Crippen LogP contribution in [0.25, 0.3) is 0 Å². The third kappa shape index (κ3) is 2.66. The molecule has 3 rings (SSSR count). The van der Waals surface area contributed by atoms with Crippen LogP contribution in [0.5, 0.6) is 0 Å². The Labute approximate surface area is 96.8 Å². The Bertz CT molecular complexity index is 353. The average Bonchev–Trinajstić information content (AvgIpc) is 3.16. The van der Waals surface area contributed by atoms with Crippen LogP contribution < -0.4 is 5.32 Å². The molecule has 1 heterocycles.